The highest BCUT2D eigenvalue weighted by Crippen LogP contribution is 2.38. The van der Waals surface area contributed by atoms with E-state index in [1.807, 2.05) is 0 Å². The number of hydrogen-bond acceptors (Lipinski definition) is 4. The third-order valence-corrected chi connectivity index (χ3v) is 2.63. The maximum Gasteiger partial charge on any atom is 0.341 e. The predicted molar refractivity (Wildman–Crippen MR) is 61.1 cm³/mol. The molecule has 1 radical (unpaired) electrons. The summed E-state index contributed by atoms with van der Waals surface area (Å²) < 4.78 is 9.76. The standard InChI is InChI=1S/C11H9ClNO4/c1-13-8-4-6(12)3-7(11(15)16-2)10(8)17-5-9(13)14/h3-5H,1-2H3. The van der Waals surface area contributed by atoms with E-state index >= 15 is 0 Å². The summed E-state index contributed by atoms with van der Waals surface area (Å²) >= 11 is 5.88. The van der Waals surface area contributed by atoms with E-state index in [1.54, 1.807) is 13.1 Å². The highest BCUT2D eigenvalue weighted by molar-refractivity contribution is 6.31. The van der Waals surface area contributed by atoms with Gasteiger partial charge in [-0.15, -0.1) is 0 Å². The second-order valence-corrected chi connectivity index (χ2v) is 3.86. The summed E-state index contributed by atoms with van der Waals surface area (Å²) in [7, 11) is 2.83. The number of fused-ring (bicyclic) bond motifs is 1. The second kappa shape index (κ2) is 4.25. The second-order valence-electron chi connectivity index (χ2n) is 3.43. The lowest BCUT2D eigenvalue weighted by Crippen LogP contribution is -2.32. The van der Waals surface area contributed by atoms with Crippen LogP contribution < -0.4 is 9.64 Å². The minimum absolute atomic E-state index is 0.186. The molecular weight excluding hydrogens is 246 g/mol. The number of hydrogen-bond donors (Lipinski definition) is 0. The number of rotatable bonds is 1. The van der Waals surface area contributed by atoms with Crippen LogP contribution in [-0.2, 0) is 9.53 Å². The summed E-state index contributed by atoms with van der Waals surface area (Å²) in [6.45, 7) is 1.03. The zero-order valence-electron chi connectivity index (χ0n) is 9.19. The van der Waals surface area contributed by atoms with Gasteiger partial charge in [0.1, 0.15) is 5.56 Å². The van der Waals surface area contributed by atoms with E-state index in [4.69, 9.17) is 16.3 Å². The summed E-state index contributed by atoms with van der Waals surface area (Å²) in [6, 6.07) is 2.98. The van der Waals surface area contributed by atoms with E-state index < -0.39 is 5.97 Å². The van der Waals surface area contributed by atoms with Gasteiger partial charge >= 0.3 is 5.97 Å². The Bertz CT molecular complexity index is 500. The first-order valence-electron chi connectivity index (χ1n) is 4.74. The van der Waals surface area contributed by atoms with Crippen LogP contribution in [0.5, 0.6) is 5.75 Å². The number of carbonyl (C=O) groups excluding carboxylic acids is 2. The van der Waals surface area contributed by atoms with Gasteiger partial charge in [-0.2, -0.15) is 0 Å². The van der Waals surface area contributed by atoms with Gasteiger partial charge in [0.05, 0.1) is 12.8 Å². The fraction of sp³-hybridized carbons (Fsp3) is 0.182. The van der Waals surface area contributed by atoms with Gasteiger partial charge in [0.15, 0.2) is 5.75 Å². The molecule has 0 aliphatic carbocycles. The van der Waals surface area contributed by atoms with Crippen LogP contribution in [-0.4, -0.2) is 26.0 Å². The Kier molecular flexibility index (Phi) is 2.93. The normalized spacial score (nSPS) is 14.1. The molecule has 0 N–H and O–H groups in total. The number of likely N-dealkylation sites (N-methyl/N-ethyl adjacent to an activating group) is 1. The smallest absolute Gasteiger partial charge is 0.341 e. The highest BCUT2D eigenvalue weighted by atomic mass is 35.5. The number of halogens is 1. The average molecular weight is 255 g/mol. The van der Waals surface area contributed by atoms with Crippen molar-refractivity contribution in [3.05, 3.63) is 29.3 Å². The number of amides is 1. The van der Waals surface area contributed by atoms with Crippen LogP contribution in [0, 0.1) is 6.61 Å². The lowest BCUT2D eigenvalue weighted by atomic mass is 10.1. The van der Waals surface area contributed by atoms with Gasteiger partial charge in [0.25, 0.3) is 5.91 Å². The van der Waals surface area contributed by atoms with Crippen LogP contribution in [0.1, 0.15) is 10.4 Å². The Balaban J connectivity index is 2.60. The van der Waals surface area contributed by atoms with Crippen LogP contribution in [0.3, 0.4) is 0 Å². The average Bonchev–Trinajstić information content (AvgIpc) is 2.32. The van der Waals surface area contributed by atoms with Gasteiger partial charge in [-0.25, -0.2) is 4.79 Å². The molecule has 1 aliphatic rings. The Morgan fingerprint density at radius 2 is 2.18 bits per heavy atom. The zero-order chi connectivity index (χ0) is 12.6. The first-order valence-corrected chi connectivity index (χ1v) is 5.12. The Morgan fingerprint density at radius 3 is 2.82 bits per heavy atom. The minimum Gasteiger partial charge on any atom is -0.473 e. The van der Waals surface area contributed by atoms with Crippen molar-refractivity contribution in [2.24, 2.45) is 0 Å². The molecule has 1 heterocycles. The summed E-state index contributed by atoms with van der Waals surface area (Å²) in [5.74, 6) is -0.626. The number of esters is 1. The first-order chi connectivity index (χ1) is 8.04. The van der Waals surface area contributed by atoms with Gasteiger partial charge < -0.3 is 14.4 Å². The molecule has 0 spiro atoms. The van der Waals surface area contributed by atoms with Gasteiger partial charge in [0, 0.05) is 12.1 Å². The Hall–Kier alpha value is -1.75. The molecule has 1 aromatic rings. The van der Waals surface area contributed by atoms with Crippen molar-refractivity contribution >= 4 is 29.2 Å². The number of benzene rings is 1. The molecule has 89 valence electrons. The van der Waals surface area contributed by atoms with Crippen molar-refractivity contribution in [1.29, 1.82) is 0 Å². The maximum atomic E-state index is 11.5. The number of methoxy groups -OCH3 is 1. The van der Waals surface area contributed by atoms with Crippen molar-refractivity contribution in [1.82, 2.24) is 0 Å². The molecule has 0 atom stereocenters. The minimum atomic E-state index is -0.570. The summed E-state index contributed by atoms with van der Waals surface area (Å²) in [4.78, 5) is 24.3. The van der Waals surface area contributed by atoms with E-state index in [2.05, 4.69) is 4.74 Å². The molecule has 0 fully saturated rings. The summed E-state index contributed by atoms with van der Waals surface area (Å²) in [5.41, 5.74) is 0.621. The number of anilines is 1. The van der Waals surface area contributed by atoms with E-state index in [0.717, 1.165) is 6.61 Å². The summed E-state index contributed by atoms with van der Waals surface area (Å²) in [6.07, 6.45) is 0. The molecule has 0 saturated heterocycles. The summed E-state index contributed by atoms with van der Waals surface area (Å²) in [5, 5.41) is 0.328. The number of nitrogens with zero attached hydrogens (tertiary/aromatic N) is 1. The predicted octanol–water partition coefficient (Wildman–Crippen LogP) is 1.64. The third kappa shape index (κ3) is 1.93. The van der Waals surface area contributed by atoms with Crippen molar-refractivity contribution in [3.8, 4) is 5.75 Å². The SMILES string of the molecule is COC(=O)c1cc(Cl)cc2c1O[CH]C(=O)N2C. The lowest BCUT2D eigenvalue weighted by Gasteiger charge is -2.26. The quantitative estimate of drug-likeness (QED) is 0.715. The van der Waals surface area contributed by atoms with E-state index in [1.165, 1.54) is 18.1 Å². The van der Waals surface area contributed by atoms with Crippen molar-refractivity contribution < 1.29 is 19.1 Å². The molecule has 6 heteroatoms. The molecular formula is C11H9ClNO4. The van der Waals surface area contributed by atoms with Crippen molar-refractivity contribution in [3.63, 3.8) is 0 Å². The third-order valence-electron chi connectivity index (χ3n) is 2.41. The van der Waals surface area contributed by atoms with Crippen LogP contribution >= 0.6 is 11.6 Å². The Labute approximate surface area is 103 Å². The van der Waals surface area contributed by atoms with Crippen LogP contribution in [0.15, 0.2) is 12.1 Å². The van der Waals surface area contributed by atoms with Gasteiger partial charge in [-0.1, -0.05) is 11.6 Å². The van der Waals surface area contributed by atoms with Crippen LogP contribution in [0.4, 0.5) is 5.69 Å². The first kappa shape index (κ1) is 11.7. The van der Waals surface area contributed by atoms with E-state index in [-0.39, 0.29) is 17.2 Å². The molecule has 1 amide bonds. The molecule has 0 unspecified atom stereocenters. The highest BCUT2D eigenvalue weighted by Gasteiger charge is 2.28. The molecule has 17 heavy (non-hydrogen) atoms. The molecule has 0 saturated carbocycles. The van der Waals surface area contributed by atoms with Crippen molar-refractivity contribution in [2.75, 3.05) is 19.1 Å². The van der Waals surface area contributed by atoms with Crippen LogP contribution in [0.2, 0.25) is 5.02 Å². The van der Waals surface area contributed by atoms with Gasteiger partial charge in [-0.05, 0) is 12.1 Å². The zero-order valence-corrected chi connectivity index (χ0v) is 9.95. The largest absolute Gasteiger partial charge is 0.473 e. The molecule has 5 nitrogen and oxygen atoms in total. The lowest BCUT2D eigenvalue weighted by molar-refractivity contribution is -0.117. The number of ether oxygens (including phenoxy) is 2. The fourth-order valence-electron chi connectivity index (χ4n) is 1.52. The molecule has 2 rings (SSSR count). The van der Waals surface area contributed by atoms with E-state index in [0.29, 0.717) is 10.7 Å². The maximum absolute atomic E-state index is 11.5. The van der Waals surface area contributed by atoms with Gasteiger partial charge in [-0.3, -0.25) is 4.79 Å². The van der Waals surface area contributed by atoms with Crippen LogP contribution in [0.25, 0.3) is 0 Å². The fourth-order valence-corrected chi connectivity index (χ4v) is 1.73. The molecule has 1 aliphatic heterocycles. The monoisotopic (exact) mass is 254 g/mol. The number of carbonyl (C=O) groups is 2. The molecule has 1 aromatic carbocycles. The van der Waals surface area contributed by atoms with E-state index in [9.17, 15) is 9.59 Å². The Morgan fingerprint density at radius 1 is 1.47 bits per heavy atom. The topological polar surface area (TPSA) is 55.8 Å². The van der Waals surface area contributed by atoms with Crippen molar-refractivity contribution in [2.45, 2.75) is 0 Å². The van der Waals surface area contributed by atoms with Gasteiger partial charge in [0.2, 0.25) is 6.61 Å². The molecule has 0 bridgehead atoms. The molecule has 0 aromatic heterocycles.